The minimum Gasteiger partial charge on any atom is -0.445 e. The van der Waals surface area contributed by atoms with Crippen LogP contribution < -0.4 is 5.32 Å². The maximum absolute atomic E-state index is 13.4. The Bertz CT molecular complexity index is 1270. The lowest BCUT2D eigenvalue weighted by atomic mass is 9.68. The molecule has 1 atom stereocenters. The average Bonchev–Trinajstić information content (AvgIpc) is 3.17. The van der Waals surface area contributed by atoms with E-state index < -0.39 is 17.2 Å². The summed E-state index contributed by atoms with van der Waals surface area (Å²) in [5.74, 6) is 0. The first-order chi connectivity index (χ1) is 17.2. The molecule has 0 saturated heterocycles. The highest BCUT2D eigenvalue weighted by Gasteiger charge is 2.53. The first-order valence-electron chi connectivity index (χ1n) is 12.7. The number of alkyl carbamates (subject to hydrolysis) is 1. The number of benzene rings is 2. The first kappa shape index (κ1) is 24.2. The molecule has 7 heteroatoms. The van der Waals surface area contributed by atoms with Gasteiger partial charge in [-0.25, -0.2) is 9.59 Å². The van der Waals surface area contributed by atoms with E-state index in [9.17, 15) is 9.59 Å². The van der Waals surface area contributed by atoms with Crippen LogP contribution in [-0.4, -0.2) is 39.8 Å². The van der Waals surface area contributed by atoms with Crippen molar-refractivity contribution >= 4 is 23.1 Å². The van der Waals surface area contributed by atoms with E-state index in [1.165, 1.54) is 16.5 Å². The largest absolute Gasteiger partial charge is 0.445 e. The number of ether oxygens (including phenoxy) is 2. The van der Waals surface area contributed by atoms with E-state index in [1.54, 1.807) is 4.90 Å². The molecule has 2 aromatic carbocycles. The van der Waals surface area contributed by atoms with Gasteiger partial charge in [-0.05, 0) is 76.6 Å². The van der Waals surface area contributed by atoms with Gasteiger partial charge in [-0.3, -0.25) is 4.90 Å². The summed E-state index contributed by atoms with van der Waals surface area (Å²) in [4.78, 5) is 31.9. The zero-order chi connectivity index (χ0) is 25.5. The molecule has 3 aromatic rings. The van der Waals surface area contributed by atoms with Gasteiger partial charge in [0.2, 0.25) is 0 Å². The second kappa shape index (κ2) is 9.19. The highest BCUT2D eigenvalue weighted by atomic mass is 16.6. The smallest absolute Gasteiger partial charge is 0.410 e. The van der Waals surface area contributed by atoms with Crippen molar-refractivity contribution in [3.05, 3.63) is 70.9 Å². The van der Waals surface area contributed by atoms with Crippen molar-refractivity contribution in [1.29, 1.82) is 0 Å². The molecular weight excluding hydrogens is 454 g/mol. The normalized spacial score (nSPS) is 18.8. The van der Waals surface area contributed by atoms with E-state index in [0.717, 1.165) is 42.5 Å². The quantitative estimate of drug-likeness (QED) is 0.460. The summed E-state index contributed by atoms with van der Waals surface area (Å²) in [6, 6.07) is 15.6. The number of nitrogens with zero attached hydrogens (tertiary/aromatic N) is 1. The molecule has 0 radical (unpaired) electrons. The van der Waals surface area contributed by atoms with E-state index >= 15 is 0 Å². The molecular formula is C29H35N3O4. The van der Waals surface area contributed by atoms with E-state index in [2.05, 4.69) is 35.4 Å². The molecule has 1 aromatic heterocycles. The zero-order valence-electron chi connectivity index (χ0n) is 21.5. The number of fused-ring (bicyclic) bond motifs is 3. The summed E-state index contributed by atoms with van der Waals surface area (Å²) in [6.07, 6.45) is 2.37. The van der Waals surface area contributed by atoms with Gasteiger partial charge in [0.1, 0.15) is 12.2 Å². The lowest BCUT2D eigenvalue weighted by molar-refractivity contribution is -0.0158. The van der Waals surface area contributed by atoms with Crippen LogP contribution in [0.2, 0.25) is 0 Å². The molecule has 5 rings (SSSR count). The molecule has 1 aliphatic carbocycles. The van der Waals surface area contributed by atoms with Crippen molar-refractivity contribution in [2.45, 2.75) is 77.2 Å². The van der Waals surface area contributed by atoms with Crippen LogP contribution in [0.15, 0.2) is 48.5 Å². The monoisotopic (exact) mass is 489 g/mol. The number of carbonyl (C=O) groups is 2. The molecule has 2 heterocycles. The Labute approximate surface area is 212 Å². The Kier molecular flexibility index (Phi) is 6.18. The zero-order valence-corrected chi connectivity index (χ0v) is 21.5. The standard InChI is InChI=1S/C29H35N3O4/c1-19-11-12-23-22(17-19)21-13-16-32(27(34)36-28(2,3)4)25(24(21)30-23)29(14-8-15-29)31-26(33)35-18-20-9-6-5-7-10-20/h5-7,9-12,17,25,30H,8,13-16,18H2,1-4H3,(H,31,33). The molecule has 1 fully saturated rings. The van der Waals surface area contributed by atoms with Crippen LogP contribution in [0.3, 0.4) is 0 Å². The van der Waals surface area contributed by atoms with E-state index in [-0.39, 0.29) is 18.7 Å². The van der Waals surface area contributed by atoms with Gasteiger partial charge < -0.3 is 19.8 Å². The summed E-state index contributed by atoms with van der Waals surface area (Å²) in [6.45, 7) is 8.43. The second-order valence-corrected chi connectivity index (χ2v) is 11.1. The Hall–Kier alpha value is -3.48. The fourth-order valence-corrected chi connectivity index (χ4v) is 5.48. The number of aryl methyl sites for hydroxylation is 1. The molecule has 1 saturated carbocycles. The van der Waals surface area contributed by atoms with Crippen molar-refractivity contribution < 1.29 is 19.1 Å². The minimum absolute atomic E-state index is 0.195. The Balaban J connectivity index is 1.49. The van der Waals surface area contributed by atoms with Crippen LogP contribution in [-0.2, 0) is 22.5 Å². The molecule has 2 aliphatic rings. The number of rotatable bonds is 4. The fraction of sp³-hybridized carbons (Fsp3) is 0.448. The van der Waals surface area contributed by atoms with Crippen molar-refractivity contribution in [3.63, 3.8) is 0 Å². The van der Waals surface area contributed by atoms with Gasteiger partial charge in [0.25, 0.3) is 0 Å². The molecule has 190 valence electrons. The molecule has 1 unspecified atom stereocenters. The lowest BCUT2D eigenvalue weighted by Gasteiger charge is -2.52. The van der Waals surface area contributed by atoms with Crippen LogP contribution >= 0.6 is 0 Å². The maximum Gasteiger partial charge on any atom is 0.410 e. The number of aromatic amines is 1. The molecule has 0 spiro atoms. The fourth-order valence-electron chi connectivity index (χ4n) is 5.48. The van der Waals surface area contributed by atoms with E-state index in [4.69, 9.17) is 9.47 Å². The van der Waals surface area contributed by atoms with Crippen molar-refractivity contribution in [1.82, 2.24) is 15.2 Å². The molecule has 36 heavy (non-hydrogen) atoms. The molecule has 1 aliphatic heterocycles. The van der Waals surface area contributed by atoms with Gasteiger partial charge in [-0.1, -0.05) is 42.0 Å². The number of carbonyl (C=O) groups excluding carboxylic acids is 2. The van der Waals surface area contributed by atoms with Crippen molar-refractivity contribution in [2.75, 3.05) is 6.54 Å². The van der Waals surface area contributed by atoms with E-state index in [0.29, 0.717) is 6.54 Å². The SMILES string of the molecule is Cc1ccc2[nH]c3c(c2c1)CCN(C(=O)OC(C)(C)C)C3C1(NC(=O)OCc2ccccc2)CCC1. The van der Waals surface area contributed by atoms with Crippen molar-refractivity contribution in [2.24, 2.45) is 0 Å². The van der Waals surface area contributed by atoms with Crippen LogP contribution in [0.1, 0.15) is 68.5 Å². The molecule has 0 bridgehead atoms. The summed E-state index contributed by atoms with van der Waals surface area (Å²) in [5, 5.41) is 4.36. The predicted molar refractivity (Wildman–Crippen MR) is 139 cm³/mol. The van der Waals surface area contributed by atoms with E-state index in [1.807, 2.05) is 51.1 Å². The Morgan fingerprint density at radius 1 is 1.14 bits per heavy atom. The maximum atomic E-state index is 13.4. The summed E-state index contributed by atoms with van der Waals surface area (Å²) in [5.41, 5.74) is 4.11. The molecule has 2 N–H and O–H groups in total. The third-order valence-electron chi connectivity index (χ3n) is 7.24. The number of H-pyrrole nitrogens is 1. The molecule has 7 nitrogen and oxygen atoms in total. The Morgan fingerprint density at radius 2 is 1.89 bits per heavy atom. The van der Waals surface area contributed by atoms with Gasteiger partial charge >= 0.3 is 12.2 Å². The summed E-state index contributed by atoms with van der Waals surface area (Å²) in [7, 11) is 0. The van der Waals surface area contributed by atoms with Crippen LogP contribution in [0.25, 0.3) is 10.9 Å². The lowest BCUT2D eigenvalue weighted by Crippen LogP contribution is -2.63. The van der Waals surface area contributed by atoms with Gasteiger partial charge in [-0.15, -0.1) is 0 Å². The topological polar surface area (TPSA) is 83.7 Å². The van der Waals surface area contributed by atoms with Crippen LogP contribution in [0.5, 0.6) is 0 Å². The predicted octanol–water partition coefficient (Wildman–Crippen LogP) is 6.16. The van der Waals surface area contributed by atoms with Crippen molar-refractivity contribution in [3.8, 4) is 0 Å². The average molecular weight is 490 g/mol. The number of hydrogen-bond acceptors (Lipinski definition) is 4. The van der Waals surface area contributed by atoms with Gasteiger partial charge in [-0.2, -0.15) is 0 Å². The van der Waals surface area contributed by atoms with Gasteiger partial charge in [0, 0.05) is 23.1 Å². The third kappa shape index (κ3) is 4.66. The summed E-state index contributed by atoms with van der Waals surface area (Å²) < 4.78 is 11.4. The third-order valence-corrected chi connectivity index (χ3v) is 7.24. The highest BCUT2D eigenvalue weighted by Crippen LogP contribution is 2.49. The highest BCUT2D eigenvalue weighted by molar-refractivity contribution is 5.86. The summed E-state index contributed by atoms with van der Waals surface area (Å²) >= 11 is 0. The van der Waals surface area contributed by atoms with Crippen LogP contribution in [0, 0.1) is 6.92 Å². The van der Waals surface area contributed by atoms with Gasteiger partial charge in [0.05, 0.1) is 11.6 Å². The second-order valence-electron chi connectivity index (χ2n) is 11.1. The van der Waals surface area contributed by atoms with Gasteiger partial charge in [0.15, 0.2) is 0 Å². The Morgan fingerprint density at radius 3 is 2.56 bits per heavy atom. The number of aromatic nitrogens is 1. The number of amides is 2. The molecule has 2 amide bonds. The number of nitrogens with one attached hydrogen (secondary N) is 2. The number of hydrogen-bond donors (Lipinski definition) is 2. The first-order valence-corrected chi connectivity index (χ1v) is 12.7. The minimum atomic E-state index is -0.629. The van der Waals surface area contributed by atoms with Crippen LogP contribution in [0.4, 0.5) is 9.59 Å².